The van der Waals surface area contributed by atoms with Gasteiger partial charge >= 0.3 is 0 Å². The van der Waals surface area contributed by atoms with Gasteiger partial charge < -0.3 is 9.47 Å². The molecular weight excluding hydrogens is 459 g/mol. The van der Waals surface area contributed by atoms with Crippen molar-refractivity contribution in [1.29, 1.82) is 21.2 Å². The highest BCUT2D eigenvalue weighted by Gasteiger charge is 2.79. The number of nitrogens with one attached hydrogen (secondary N) is 1. The zero-order valence-corrected chi connectivity index (χ0v) is 19.9. The molecule has 172 valence electrons. The molecule has 1 N–H and O–H groups in total. The first kappa shape index (κ1) is 23.8. The fourth-order valence-corrected chi connectivity index (χ4v) is 6.20. The summed E-state index contributed by atoms with van der Waals surface area (Å²) in [6, 6.07) is 11.3. The maximum atomic E-state index is 10.5. The number of hydrogen-bond acceptors (Lipinski definition) is 6. The van der Waals surface area contributed by atoms with Crippen LogP contribution in [0.15, 0.2) is 18.2 Å². The number of hydrogen-bond donors (Lipinski definition) is 1. The van der Waals surface area contributed by atoms with E-state index in [9.17, 15) is 15.8 Å². The summed E-state index contributed by atoms with van der Waals surface area (Å²) in [5.41, 5.74) is -3.25. The summed E-state index contributed by atoms with van der Waals surface area (Å²) >= 11 is 12.4. The maximum Gasteiger partial charge on any atom is 0.217 e. The summed E-state index contributed by atoms with van der Waals surface area (Å²) in [6.45, 7) is 0. The van der Waals surface area contributed by atoms with E-state index < -0.39 is 28.6 Å². The zero-order valence-electron chi connectivity index (χ0n) is 18.4. The third-order valence-electron chi connectivity index (χ3n) is 7.56. The standard InChI is InChI=1S/C25H26Cl2N4O2/c26-18-11-10-17(13-19(18)27)21-23(14-28,15-29)24(16-30)20-9-7-5-3-1-2-4-6-8-12-25(20,32-21)33-22(24)31/h10-11,13,20-21,31H,1-9,12H2. The van der Waals surface area contributed by atoms with Crippen LogP contribution in [0.3, 0.4) is 0 Å². The van der Waals surface area contributed by atoms with Crippen LogP contribution in [-0.2, 0) is 9.47 Å². The molecule has 0 aromatic heterocycles. The molecule has 4 rings (SSSR count). The average molecular weight is 485 g/mol. The predicted molar refractivity (Wildman–Crippen MR) is 123 cm³/mol. The lowest BCUT2D eigenvalue weighted by atomic mass is 9.52. The van der Waals surface area contributed by atoms with Gasteiger partial charge in [-0.3, -0.25) is 5.41 Å². The second-order valence-corrected chi connectivity index (χ2v) is 10.1. The summed E-state index contributed by atoms with van der Waals surface area (Å²) in [4.78, 5) is 0. The van der Waals surface area contributed by atoms with Crippen LogP contribution in [0.5, 0.6) is 0 Å². The van der Waals surface area contributed by atoms with E-state index in [0.29, 0.717) is 23.4 Å². The van der Waals surface area contributed by atoms with Crippen LogP contribution in [0.2, 0.25) is 10.0 Å². The fraction of sp³-hybridized carbons (Fsp3) is 0.600. The third kappa shape index (κ3) is 3.50. The molecule has 0 radical (unpaired) electrons. The topological polar surface area (TPSA) is 114 Å². The largest absolute Gasteiger partial charge is 0.447 e. The Kier molecular flexibility index (Phi) is 6.61. The molecule has 2 bridgehead atoms. The zero-order chi connectivity index (χ0) is 23.7. The Labute approximate surface area is 204 Å². The Bertz CT molecular complexity index is 1060. The smallest absolute Gasteiger partial charge is 0.217 e. The van der Waals surface area contributed by atoms with E-state index in [1.165, 1.54) is 12.8 Å². The van der Waals surface area contributed by atoms with Gasteiger partial charge in [0.1, 0.15) is 6.10 Å². The first-order chi connectivity index (χ1) is 15.9. The first-order valence-electron chi connectivity index (χ1n) is 11.6. The highest BCUT2D eigenvalue weighted by Crippen LogP contribution is 2.68. The molecule has 8 heteroatoms. The van der Waals surface area contributed by atoms with Crippen molar-refractivity contribution in [2.45, 2.75) is 76.1 Å². The molecule has 1 aromatic carbocycles. The van der Waals surface area contributed by atoms with Crippen LogP contribution in [0, 0.1) is 56.2 Å². The van der Waals surface area contributed by atoms with Gasteiger partial charge in [0.15, 0.2) is 5.41 Å². The van der Waals surface area contributed by atoms with Gasteiger partial charge in [0.2, 0.25) is 17.1 Å². The lowest BCUT2D eigenvalue weighted by molar-refractivity contribution is -0.287. The Hall–Kier alpha value is -2.30. The number of nitriles is 3. The molecule has 0 spiro atoms. The summed E-state index contributed by atoms with van der Waals surface area (Å²) in [7, 11) is 0. The molecule has 2 saturated heterocycles. The molecule has 0 amide bonds. The molecule has 2 aliphatic heterocycles. The summed E-state index contributed by atoms with van der Waals surface area (Å²) in [5, 5.41) is 40.7. The molecule has 1 aromatic rings. The van der Waals surface area contributed by atoms with Gasteiger partial charge in [-0.15, -0.1) is 0 Å². The minimum atomic E-state index is -1.97. The van der Waals surface area contributed by atoms with Crippen LogP contribution in [-0.4, -0.2) is 11.7 Å². The molecule has 4 atom stereocenters. The van der Waals surface area contributed by atoms with Crippen molar-refractivity contribution in [1.82, 2.24) is 0 Å². The number of benzene rings is 1. The molecule has 3 fully saturated rings. The lowest BCUT2D eigenvalue weighted by Gasteiger charge is -2.50. The average Bonchev–Trinajstić information content (AvgIpc) is 2.98. The SMILES string of the molecule is N#CC1(C#N)C(c2ccc(Cl)c(Cl)c2)OC23CCCCCCCCCCC2C1(C#N)C(=N)O3. The Morgan fingerprint density at radius 2 is 1.52 bits per heavy atom. The van der Waals surface area contributed by atoms with Crippen molar-refractivity contribution >= 4 is 29.1 Å². The van der Waals surface area contributed by atoms with Crippen molar-refractivity contribution in [3.05, 3.63) is 33.8 Å². The number of ether oxygens (including phenoxy) is 2. The fourth-order valence-electron chi connectivity index (χ4n) is 5.90. The minimum absolute atomic E-state index is 0.259. The highest BCUT2D eigenvalue weighted by atomic mass is 35.5. The van der Waals surface area contributed by atoms with Gasteiger partial charge in [0.25, 0.3) is 0 Å². The van der Waals surface area contributed by atoms with E-state index in [-0.39, 0.29) is 10.9 Å². The van der Waals surface area contributed by atoms with Crippen molar-refractivity contribution in [2.75, 3.05) is 0 Å². The maximum absolute atomic E-state index is 10.5. The van der Waals surface area contributed by atoms with Crippen molar-refractivity contribution in [3.63, 3.8) is 0 Å². The van der Waals surface area contributed by atoms with Crippen LogP contribution >= 0.6 is 23.2 Å². The van der Waals surface area contributed by atoms with Crippen molar-refractivity contribution in [3.8, 4) is 18.2 Å². The van der Waals surface area contributed by atoms with E-state index >= 15 is 0 Å². The third-order valence-corrected chi connectivity index (χ3v) is 8.30. The van der Waals surface area contributed by atoms with E-state index in [4.69, 9.17) is 38.1 Å². The monoisotopic (exact) mass is 484 g/mol. The van der Waals surface area contributed by atoms with Crippen LogP contribution in [0.25, 0.3) is 0 Å². The predicted octanol–water partition coefficient (Wildman–Crippen LogP) is 6.84. The normalized spacial score (nSPS) is 33.7. The summed E-state index contributed by atoms with van der Waals surface area (Å²) < 4.78 is 12.7. The van der Waals surface area contributed by atoms with Gasteiger partial charge in [-0.1, -0.05) is 74.2 Å². The van der Waals surface area contributed by atoms with E-state index in [1.807, 2.05) is 0 Å². The number of halogens is 2. The van der Waals surface area contributed by atoms with Gasteiger partial charge in [-0.2, -0.15) is 15.8 Å². The summed E-state index contributed by atoms with van der Waals surface area (Å²) in [5.74, 6) is -2.16. The molecule has 2 heterocycles. The first-order valence-corrected chi connectivity index (χ1v) is 12.3. The number of nitrogens with zero attached hydrogens (tertiary/aromatic N) is 3. The quantitative estimate of drug-likeness (QED) is 0.468. The van der Waals surface area contributed by atoms with Gasteiger partial charge in [-0.25, -0.2) is 0 Å². The molecule has 1 saturated carbocycles. The minimum Gasteiger partial charge on any atom is -0.447 e. The van der Waals surface area contributed by atoms with Crippen LogP contribution in [0.4, 0.5) is 0 Å². The van der Waals surface area contributed by atoms with Crippen LogP contribution in [0.1, 0.15) is 75.9 Å². The van der Waals surface area contributed by atoms with Crippen LogP contribution < -0.4 is 0 Å². The van der Waals surface area contributed by atoms with E-state index in [1.54, 1.807) is 18.2 Å². The van der Waals surface area contributed by atoms with E-state index in [0.717, 1.165) is 38.5 Å². The Balaban J connectivity index is 1.90. The summed E-state index contributed by atoms with van der Waals surface area (Å²) in [6.07, 6.45) is 8.13. The second-order valence-electron chi connectivity index (χ2n) is 9.29. The van der Waals surface area contributed by atoms with Crippen molar-refractivity contribution in [2.24, 2.45) is 16.7 Å². The molecule has 3 aliphatic rings. The lowest BCUT2D eigenvalue weighted by Crippen LogP contribution is -2.59. The van der Waals surface area contributed by atoms with Gasteiger partial charge in [0, 0.05) is 6.42 Å². The molecule has 33 heavy (non-hydrogen) atoms. The van der Waals surface area contributed by atoms with Gasteiger partial charge in [0.05, 0.1) is 34.2 Å². The van der Waals surface area contributed by atoms with E-state index in [2.05, 4.69) is 18.2 Å². The molecule has 6 nitrogen and oxygen atoms in total. The molecule has 1 aliphatic carbocycles. The molecular formula is C25H26Cl2N4O2. The number of rotatable bonds is 1. The second kappa shape index (κ2) is 9.15. The Morgan fingerprint density at radius 1 is 0.879 bits per heavy atom. The van der Waals surface area contributed by atoms with Gasteiger partial charge in [-0.05, 0) is 30.5 Å². The van der Waals surface area contributed by atoms with Crippen molar-refractivity contribution < 1.29 is 9.47 Å². The molecule has 4 unspecified atom stereocenters. The Morgan fingerprint density at radius 3 is 2.12 bits per heavy atom. The highest BCUT2D eigenvalue weighted by molar-refractivity contribution is 6.42.